The maximum absolute atomic E-state index is 12.5. The molecule has 0 atom stereocenters. The molecule has 0 aliphatic heterocycles. The Morgan fingerprint density at radius 2 is 1.93 bits per heavy atom. The van der Waals surface area contributed by atoms with Crippen molar-refractivity contribution in [2.45, 2.75) is 33.1 Å². The van der Waals surface area contributed by atoms with Gasteiger partial charge in [-0.15, -0.1) is 0 Å². The quantitative estimate of drug-likeness (QED) is 0.463. The van der Waals surface area contributed by atoms with Crippen LogP contribution in [0.4, 0.5) is 0 Å². The van der Waals surface area contributed by atoms with Crippen molar-refractivity contribution < 1.29 is 17.6 Å². The summed E-state index contributed by atoms with van der Waals surface area (Å²) in [5.41, 5.74) is 2.56. The molecule has 2 aromatic carbocycles. The van der Waals surface area contributed by atoms with Gasteiger partial charge in [0.2, 0.25) is 0 Å². The highest BCUT2D eigenvalue weighted by Crippen LogP contribution is 2.31. The Hall–Kier alpha value is -2.28. The molecule has 3 aromatic rings. The number of unbranched alkanes of at least 4 members (excludes halogenated alkanes) is 1. The minimum Gasteiger partial charge on any atom is -0.461 e. The second-order valence-electron chi connectivity index (χ2n) is 6.90. The Kier molecular flexibility index (Phi) is 6.91. The van der Waals surface area contributed by atoms with Gasteiger partial charge in [0.1, 0.15) is 11.3 Å². The lowest BCUT2D eigenvalue weighted by molar-refractivity contribution is 0.0982. The molecular formula is C22H21Cl2NO4S. The van der Waals surface area contributed by atoms with Crippen LogP contribution in [-0.2, 0) is 16.4 Å². The molecular weight excluding hydrogens is 445 g/mol. The van der Waals surface area contributed by atoms with Gasteiger partial charge in [-0.1, -0.05) is 48.7 Å². The number of allylic oxidation sites excluding steroid dienone is 1. The number of benzene rings is 2. The number of fused-ring (bicyclic) bond motifs is 1. The smallest absolute Gasteiger partial charge is 0.265 e. The Labute approximate surface area is 185 Å². The minimum absolute atomic E-state index is 0.221. The molecule has 8 heteroatoms. The number of furan rings is 1. The predicted octanol–water partition coefficient (Wildman–Crippen LogP) is 6.01. The molecule has 0 aliphatic carbocycles. The summed E-state index contributed by atoms with van der Waals surface area (Å²) in [5.74, 6) is -0.00364. The molecule has 1 amide bonds. The third kappa shape index (κ3) is 5.25. The van der Waals surface area contributed by atoms with E-state index in [1.807, 2.05) is 19.9 Å². The van der Waals surface area contributed by atoms with E-state index in [1.54, 1.807) is 24.3 Å². The van der Waals surface area contributed by atoms with Crippen molar-refractivity contribution in [1.82, 2.24) is 4.72 Å². The number of amides is 1. The highest BCUT2D eigenvalue weighted by Gasteiger charge is 2.18. The molecule has 0 fully saturated rings. The van der Waals surface area contributed by atoms with Crippen LogP contribution in [0.15, 0.2) is 52.3 Å². The Balaban J connectivity index is 1.92. The monoisotopic (exact) mass is 465 g/mol. The molecule has 3 rings (SSSR count). The van der Waals surface area contributed by atoms with E-state index in [0.717, 1.165) is 28.3 Å². The number of halogens is 2. The standard InChI is InChI=1S/C22H21Cl2NO4S/c1-3-4-5-10-30(27,28)25-22(26)16-7-9-21-19(12-16)18(14(2)29-21)11-15-6-8-17(23)13-20(15)24/h5-10,12-13H,3-4,11H2,1-2H3,(H,25,26). The summed E-state index contributed by atoms with van der Waals surface area (Å²) >= 11 is 12.3. The lowest BCUT2D eigenvalue weighted by atomic mass is 10.0. The Morgan fingerprint density at radius 1 is 1.17 bits per heavy atom. The molecule has 0 aliphatic rings. The van der Waals surface area contributed by atoms with Gasteiger partial charge in [-0.2, -0.15) is 0 Å². The first-order valence-corrected chi connectivity index (χ1v) is 11.7. The zero-order valence-corrected chi connectivity index (χ0v) is 18.9. The summed E-state index contributed by atoms with van der Waals surface area (Å²) in [6.45, 7) is 3.77. The van der Waals surface area contributed by atoms with Crippen LogP contribution in [0.25, 0.3) is 11.0 Å². The Bertz CT molecular complexity index is 1230. The molecule has 1 heterocycles. The fraction of sp³-hybridized carbons (Fsp3) is 0.227. The first kappa shape index (κ1) is 22.4. The molecule has 1 aromatic heterocycles. The first-order valence-electron chi connectivity index (χ1n) is 9.40. The van der Waals surface area contributed by atoms with Crippen LogP contribution >= 0.6 is 23.2 Å². The highest BCUT2D eigenvalue weighted by atomic mass is 35.5. The topological polar surface area (TPSA) is 76.4 Å². The van der Waals surface area contributed by atoms with E-state index in [-0.39, 0.29) is 5.56 Å². The van der Waals surface area contributed by atoms with Crippen LogP contribution in [0.3, 0.4) is 0 Å². The van der Waals surface area contributed by atoms with Gasteiger partial charge in [-0.25, -0.2) is 13.1 Å². The van der Waals surface area contributed by atoms with E-state index in [4.69, 9.17) is 27.6 Å². The maximum atomic E-state index is 12.5. The molecule has 0 unspecified atom stereocenters. The average Bonchev–Trinajstić information content (AvgIpc) is 2.98. The molecule has 0 bridgehead atoms. The van der Waals surface area contributed by atoms with Crippen molar-refractivity contribution in [2.75, 3.05) is 0 Å². The van der Waals surface area contributed by atoms with Crippen molar-refractivity contribution in [1.29, 1.82) is 0 Å². The van der Waals surface area contributed by atoms with Crippen LogP contribution in [-0.4, -0.2) is 14.3 Å². The van der Waals surface area contributed by atoms with Gasteiger partial charge < -0.3 is 4.42 Å². The molecule has 0 radical (unpaired) electrons. The minimum atomic E-state index is -3.85. The van der Waals surface area contributed by atoms with Crippen molar-refractivity contribution in [3.63, 3.8) is 0 Å². The molecule has 158 valence electrons. The summed E-state index contributed by atoms with van der Waals surface area (Å²) in [6.07, 6.45) is 3.44. The van der Waals surface area contributed by atoms with Crippen molar-refractivity contribution >= 4 is 50.1 Å². The molecule has 5 nitrogen and oxygen atoms in total. The van der Waals surface area contributed by atoms with Crippen molar-refractivity contribution in [3.05, 3.63) is 80.4 Å². The van der Waals surface area contributed by atoms with Gasteiger partial charge in [0, 0.05) is 38.4 Å². The number of hydrogen-bond donors (Lipinski definition) is 1. The number of carbonyl (C=O) groups is 1. The second kappa shape index (κ2) is 9.25. The Morgan fingerprint density at radius 3 is 2.63 bits per heavy atom. The summed E-state index contributed by atoms with van der Waals surface area (Å²) in [4.78, 5) is 12.5. The SMILES string of the molecule is CCCC=CS(=O)(=O)NC(=O)c1ccc2oc(C)c(Cc3ccc(Cl)cc3Cl)c2c1. The van der Waals surface area contributed by atoms with E-state index in [9.17, 15) is 13.2 Å². The van der Waals surface area contributed by atoms with Crippen LogP contribution in [0, 0.1) is 6.92 Å². The van der Waals surface area contributed by atoms with Gasteiger partial charge in [-0.3, -0.25) is 4.79 Å². The number of carbonyl (C=O) groups excluding carboxylic acids is 1. The zero-order valence-electron chi connectivity index (χ0n) is 16.5. The van der Waals surface area contributed by atoms with Crippen LogP contribution in [0.1, 0.15) is 47.0 Å². The average molecular weight is 466 g/mol. The van der Waals surface area contributed by atoms with Gasteiger partial charge in [0.15, 0.2) is 0 Å². The van der Waals surface area contributed by atoms with Crippen LogP contribution in [0.2, 0.25) is 10.0 Å². The largest absolute Gasteiger partial charge is 0.461 e. The van der Waals surface area contributed by atoms with Crippen molar-refractivity contribution in [2.24, 2.45) is 0 Å². The molecule has 0 saturated carbocycles. The number of nitrogens with one attached hydrogen (secondary N) is 1. The number of sulfonamides is 1. The number of rotatable bonds is 7. The lowest BCUT2D eigenvalue weighted by Gasteiger charge is -2.06. The van der Waals surface area contributed by atoms with Crippen LogP contribution in [0.5, 0.6) is 0 Å². The van der Waals surface area contributed by atoms with Gasteiger partial charge in [0.05, 0.1) is 0 Å². The molecule has 30 heavy (non-hydrogen) atoms. The van der Waals surface area contributed by atoms with E-state index in [2.05, 4.69) is 4.72 Å². The zero-order chi connectivity index (χ0) is 21.9. The summed E-state index contributed by atoms with van der Waals surface area (Å²) in [5, 5.41) is 2.83. The molecule has 0 saturated heterocycles. The summed E-state index contributed by atoms with van der Waals surface area (Å²) < 4.78 is 32.0. The highest BCUT2D eigenvalue weighted by molar-refractivity contribution is 7.92. The van der Waals surface area contributed by atoms with E-state index < -0.39 is 15.9 Å². The summed E-state index contributed by atoms with van der Waals surface area (Å²) in [7, 11) is -3.85. The predicted molar refractivity (Wildman–Crippen MR) is 121 cm³/mol. The number of hydrogen-bond acceptors (Lipinski definition) is 4. The van der Waals surface area contributed by atoms with Gasteiger partial charge in [0.25, 0.3) is 15.9 Å². The third-order valence-electron chi connectivity index (χ3n) is 4.60. The van der Waals surface area contributed by atoms with Gasteiger partial charge in [-0.05, 0) is 49.2 Å². The first-order chi connectivity index (χ1) is 14.2. The number of aryl methyl sites for hydroxylation is 1. The summed E-state index contributed by atoms with van der Waals surface area (Å²) in [6, 6.07) is 10.1. The van der Waals surface area contributed by atoms with E-state index in [0.29, 0.717) is 34.2 Å². The maximum Gasteiger partial charge on any atom is 0.265 e. The fourth-order valence-electron chi connectivity index (χ4n) is 3.07. The van der Waals surface area contributed by atoms with Crippen LogP contribution < -0.4 is 4.72 Å². The van der Waals surface area contributed by atoms with E-state index >= 15 is 0 Å². The third-order valence-corrected chi connectivity index (χ3v) is 6.21. The normalized spacial score (nSPS) is 12.0. The second-order valence-corrected chi connectivity index (χ2v) is 9.31. The fourth-order valence-corrected chi connectivity index (χ4v) is 4.38. The van der Waals surface area contributed by atoms with Crippen molar-refractivity contribution in [3.8, 4) is 0 Å². The molecule has 0 spiro atoms. The lowest BCUT2D eigenvalue weighted by Crippen LogP contribution is -2.28. The molecule has 1 N–H and O–H groups in total. The van der Waals surface area contributed by atoms with E-state index in [1.165, 1.54) is 12.1 Å². The van der Waals surface area contributed by atoms with Gasteiger partial charge >= 0.3 is 0 Å².